The van der Waals surface area contributed by atoms with Gasteiger partial charge in [0, 0.05) is 12.7 Å². The average molecular weight is 288 g/mol. The van der Waals surface area contributed by atoms with E-state index < -0.39 is 16.2 Å². The molecule has 110 valence electrons. The first kappa shape index (κ1) is 13.5. The Morgan fingerprint density at radius 1 is 1.48 bits per heavy atom. The molecule has 0 saturated heterocycles. The molecule has 21 heavy (non-hydrogen) atoms. The molecule has 7 heteroatoms. The maximum absolute atomic E-state index is 12.2. The molecule has 2 aromatic rings. The maximum atomic E-state index is 12.2. The molecule has 2 aromatic heterocycles. The molecule has 0 aliphatic heterocycles. The zero-order valence-corrected chi connectivity index (χ0v) is 11.7. The van der Waals surface area contributed by atoms with E-state index in [0.29, 0.717) is 12.2 Å². The van der Waals surface area contributed by atoms with Crippen LogP contribution in [-0.4, -0.2) is 20.9 Å². The van der Waals surface area contributed by atoms with Crippen molar-refractivity contribution in [2.75, 3.05) is 11.9 Å². The Labute approximate surface area is 120 Å². The summed E-state index contributed by atoms with van der Waals surface area (Å²) in [7, 11) is 0. The minimum absolute atomic E-state index is 0.0657. The quantitative estimate of drug-likeness (QED) is 0.673. The van der Waals surface area contributed by atoms with Crippen LogP contribution >= 0.6 is 0 Å². The molecule has 2 heterocycles. The lowest BCUT2D eigenvalue weighted by Crippen LogP contribution is -2.23. The normalized spacial score (nSPS) is 15.9. The highest BCUT2D eigenvalue weighted by molar-refractivity contribution is 5.59. The Hall–Kier alpha value is -2.44. The summed E-state index contributed by atoms with van der Waals surface area (Å²) in [4.78, 5) is 27.0. The fraction of sp³-hybridized carbons (Fsp3) is 0.429. The summed E-state index contributed by atoms with van der Waals surface area (Å²) >= 11 is 0. The van der Waals surface area contributed by atoms with Crippen LogP contribution in [0.1, 0.15) is 26.2 Å². The Bertz CT molecular complexity index is 764. The zero-order chi connectivity index (χ0) is 15.0. The molecule has 0 bridgehead atoms. The summed E-state index contributed by atoms with van der Waals surface area (Å²) in [5.74, 6) is 0.0657. The number of pyridine rings is 1. The van der Waals surface area contributed by atoms with E-state index in [1.165, 1.54) is 10.6 Å². The van der Waals surface area contributed by atoms with Crippen molar-refractivity contribution in [1.29, 1.82) is 0 Å². The van der Waals surface area contributed by atoms with Gasteiger partial charge in [0.15, 0.2) is 0 Å². The standard InChI is InChI=1S/C14H16N4O3/c1-2-14(6-7-14)9-15-12-11(18(20)21)13(19)17-8-4-3-5-10(17)16-12/h3-5,8,15H,2,6-7,9H2,1H3. The molecule has 0 spiro atoms. The molecule has 0 amide bonds. The lowest BCUT2D eigenvalue weighted by Gasteiger charge is -2.14. The third-order valence-electron chi connectivity index (χ3n) is 4.23. The number of aromatic nitrogens is 2. The summed E-state index contributed by atoms with van der Waals surface area (Å²) in [6, 6.07) is 5.04. The monoisotopic (exact) mass is 288 g/mol. The molecule has 0 atom stereocenters. The maximum Gasteiger partial charge on any atom is 0.376 e. The zero-order valence-electron chi connectivity index (χ0n) is 11.7. The molecule has 0 unspecified atom stereocenters. The molecule has 1 fully saturated rings. The number of nitrogens with one attached hydrogen (secondary N) is 1. The number of hydrogen-bond donors (Lipinski definition) is 1. The highest BCUT2D eigenvalue weighted by Gasteiger charge is 2.41. The van der Waals surface area contributed by atoms with Crippen LogP contribution in [0.25, 0.3) is 5.65 Å². The van der Waals surface area contributed by atoms with Crippen LogP contribution in [0.3, 0.4) is 0 Å². The van der Waals surface area contributed by atoms with Gasteiger partial charge in [0.1, 0.15) is 5.65 Å². The van der Waals surface area contributed by atoms with Crippen molar-refractivity contribution < 1.29 is 4.92 Å². The fourth-order valence-corrected chi connectivity index (χ4v) is 2.47. The molecule has 1 aliphatic rings. The summed E-state index contributed by atoms with van der Waals surface area (Å²) < 4.78 is 1.19. The van der Waals surface area contributed by atoms with Crippen molar-refractivity contribution in [2.24, 2.45) is 5.41 Å². The largest absolute Gasteiger partial charge is 0.376 e. The summed E-state index contributed by atoms with van der Waals surface area (Å²) in [5, 5.41) is 14.2. The van der Waals surface area contributed by atoms with Crippen molar-refractivity contribution in [3.05, 3.63) is 44.9 Å². The molecular formula is C14H16N4O3. The van der Waals surface area contributed by atoms with Crippen LogP contribution < -0.4 is 10.9 Å². The van der Waals surface area contributed by atoms with Gasteiger partial charge >= 0.3 is 11.2 Å². The van der Waals surface area contributed by atoms with Crippen LogP contribution in [0.15, 0.2) is 29.2 Å². The van der Waals surface area contributed by atoms with Gasteiger partial charge in [0.05, 0.1) is 4.92 Å². The second kappa shape index (κ2) is 4.83. The molecule has 0 aromatic carbocycles. The van der Waals surface area contributed by atoms with Crippen molar-refractivity contribution in [1.82, 2.24) is 9.38 Å². The molecule has 1 N–H and O–H groups in total. The molecule has 1 aliphatic carbocycles. The van der Waals surface area contributed by atoms with Crippen LogP contribution in [0, 0.1) is 15.5 Å². The Kier molecular flexibility index (Phi) is 3.12. The average Bonchev–Trinajstić information content (AvgIpc) is 3.25. The molecule has 0 radical (unpaired) electrons. The third kappa shape index (κ3) is 2.35. The lowest BCUT2D eigenvalue weighted by molar-refractivity contribution is -0.385. The van der Waals surface area contributed by atoms with Gasteiger partial charge in [-0.25, -0.2) is 4.98 Å². The molecule has 3 rings (SSSR count). The minimum Gasteiger partial charge on any atom is -0.364 e. The van der Waals surface area contributed by atoms with E-state index in [-0.39, 0.29) is 11.2 Å². The summed E-state index contributed by atoms with van der Waals surface area (Å²) in [6.45, 7) is 2.71. The number of hydrogen-bond acceptors (Lipinski definition) is 5. The van der Waals surface area contributed by atoms with E-state index >= 15 is 0 Å². The molecular weight excluding hydrogens is 272 g/mol. The van der Waals surface area contributed by atoms with Gasteiger partial charge < -0.3 is 5.32 Å². The van der Waals surface area contributed by atoms with Crippen molar-refractivity contribution >= 4 is 17.2 Å². The lowest BCUT2D eigenvalue weighted by atomic mass is 10.0. The number of nitrogens with zero attached hydrogens (tertiary/aromatic N) is 3. The Balaban J connectivity index is 2.05. The van der Waals surface area contributed by atoms with Crippen molar-refractivity contribution in [3.63, 3.8) is 0 Å². The van der Waals surface area contributed by atoms with E-state index in [1.807, 2.05) is 0 Å². The van der Waals surface area contributed by atoms with E-state index in [4.69, 9.17) is 0 Å². The summed E-state index contributed by atoms with van der Waals surface area (Å²) in [5.41, 5.74) is -0.547. The van der Waals surface area contributed by atoms with Gasteiger partial charge in [-0.05, 0) is 36.8 Å². The van der Waals surface area contributed by atoms with Gasteiger partial charge in [-0.15, -0.1) is 0 Å². The second-order valence-corrected chi connectivity index (χ2v) is 5.51. The molecule has 7 nitrogen and oxygen atoms in total. The predicted octanol–water partition coefficient (Wildman–Crippen LogP) is 2.20. The number of nitro groups is 1. The molecule has 1 saturated carbocycles. The van der Waals surface area contributed by atoms with Crippen molar-refractivity contribution in [3.8, 4) is 0 Å². The number of rotatable bonds is 5. The summed E-state index contributed by atoms with van der Waals surface area (Å²) in [6.07, 6.45) is 4.71. The SMILES string of the molecule is CCC1(CNc2nc3ccccn3c(=O)c2[N+](=O)[O-])CC1. The third-order valence-corrected chi connectivity index (χ3v) is 4.23. The van der Waals surface area contributed by atoms with E-state index in [9.17, 15) is 14.9 Å². The topological polar surface area (TPSA) is 89.5 Å². The van der Waals surface area contributed by atoms with Gasteiger partial charge in [-0.2, -0.15) is 0 Å². The number of anilines is 1. The Morgan fingerprint density at radius 2 is 2.24 bits per heavy atom. The van der Waals surface area contributed by atoms with E-state index in [0.717, 1.165) is 19.3 Å². The van der Waals surface area contributed by atoms with Crippen LogP contribution in [0.2, 0.25) is 0 Å². The van der Waals surface area contributed by atoms with Gasteiger partial charge in [0.25, 0.3) is 0 Å². The van der Waals surface area contributed by atoms with Crippen molar-refractivity contribution in [2.45, 2.75) is 26.2 Å². The number of fused-ring (bicyclic) bond motifs is 1. The van der Waals surface area contributed by atoms with Crippen LogP contribution in [-0.2, 0) is 0 Å². The first-order valence-corrected chi connectivity index (χ1v) is 6.96. The van der Waals surface area contributed by atoms with Crippen LogP contribution in [0.4, 0.5) is 11.5 Å². The van der Waals surface area contributed by atoms with E-state index in [1.54, 1.807) is 18.2 Å². The van der Waals surface area contributed by atoms with Crippen LogP contribution in [0.5, 0.6) is 0 Å². The highest BCUT2D eigenvalue weighted by atomic mass is 16.6. The van der Waals surface area contributed by atoms with Gasteiger partial charge in [-0.3, -0.25) is 19.3 Å². The minimum atomic E-state index is -0.664. The Morgan fingerprint density at radius 3 is 2.86 bits per heavy atom. The second-order valence-electron chi connectivity index (χ2n) is 5.51. The highest BCUT2D eigenvalue weighted by Crippen LogP contribution is 2.48. The first-order chi connectivity index (χ1) is 10.1. The smallest absolute Gasteiger partial charge is 0.364 e. The van der Waals surface area contributed by atoms with Gasteiger partial charge in [-0.1, -0.05) is 13.0 Å². The fourth-order valence-electron chi connectivity index (χ4n) is 2.47. The first-order valence-electron chi connectivity index (χ1n) is 6.96. The predicted molar refractivity (Wildman–Crippen MR) is 78.6 cm³/mol. The van der Waals surface area contributed by atoms with Gasteiger partial charge in [0.2, 0.25) is 5.82 Å². The van der Waals surface area contributed by atoms with E-state index in [2.05, 4.69) is 17.2 Å².